The molecule has 0 saturated heterocycles. The highest BCUT2D eigenvalue weighted by Gasteiger charge is 2.20. The molecular weight excluding hydrogens is 334 g/mol. The number of carbonyl (C=O) groups excluding carboxylic acids is 1. The summed E-state index contributed by atoms with van der Waals surface area (Å²) in [6, 6.07) is 9.26. The average molecular weight is 353 g/mol. The van der Waals surface area contributed by atoms with Crippen molar-refractivity contribution in [1.29, 1.82) is 0 Å². The molecule has 26 heavy (non-hydrogen) atoms. The summed E-state index contributed by atoms with van der Waals surface area (Å²) in [6.07, 6.45) is 2.05. The summed E-state index contributed by atoms with van der Waals surface area (Å²) in [5.74, 6) is -1.27. The number of benzene rings is 1. The topological polar surface area (TPSA) is 110 Å². The maximum absolute atomic E-state index is 12.4. The molecule has 1 aromatic carbocycles. The van der Waals surface area contributed by atoms with Gasteiger partial charge in [0.1, 0.15) is 0 Å². The molecule has 1 atom stereocenters. The molecule has 0 aliphatic heterocycles. The van der Waals surface area contributed by atoms with E-state index >= 15 is 0 Å². The maximum Gasteiger partial charge on any atom is 0.303 e. The van der Waals surface area contributed by atoms with Crippen molar-refractivity contribution in [3.05, 3.63) is 47.9 Å². The van der Waals surface area contributed by atoms with Crippen LogP contribution >= 0.6 is 0 Å². The first kappa shape index (κ1) is 17.5. The van der Waals surface area contributed by atoms with Crippen LogP contribution in [0.3, 0.4) is 0 Å². The molecular formula is C18H19N5O3. The Balaban J connectivity index is 1.86. The quantitative estimate of drug-likeness (QED) is 0.702. The second-order valence-corrected chi connectivity index (χ2v) is 6.09. The second-order valence-electron chi connectivity index (χ2n) is 6.09. The van der Waals surface area contributed by atoms with E-state index in [4.69, 9.17) is 5.11 Å². The van der Waals surface area contributed by atoms with Crippen LogP contribution in [0, 0.1) is 6.92 Å². The van der Waals surface area contributed by atoms with E-state index in [1.54, 1.807) is 24.7 Å². The van der Waals surface area contributed by atoms with Crippen molar-refractivity contribution in [2.45, 2.75) is 32.7 Å². The molecule has 2 N–H and O–H groups in total. The molecule has 1 amide bonds. The lowest BCUT2D eigenvalue weighted by molar-refractivity contribution is -0.137. The zero-order valence-corrected chi connectivity index (χ0v) is 14.5. The summed E-state index contributed by atoms with van der Waals surface area (Å²) in [5.41, 5.74) is 2.31. The highest BCUT2D eigenvalue weighted by molar-refractivity contribution is 5.94. The molecule has 0 saturated carbocycles. The number of hydrogen-bond donors (Lipinski definition) is 2. The predicted octanol–water partition coefficient (Wildman–Crippen LogP) is 2.11. The van der Waals surface area contributed by atoms with Crippen molar-refractivity contribution in [3.8, 4) is 5.69 Å². The fourth-order valence-electron chi connectivity index (χ4n) is 2.73. The van der Waals surface area contributed by atoms with Gasteiger partial charge in [-0.05, 0) is 32.4 Å². The van der Waals surface area contributed by atoms with E-state index in [1.807, 2.05) is 30.3 Å². The number of para-hydroxylation sites is 1. The van der Waals surface area contributed by atoms with Crippen LogP contribution in [0.2, 0.25) is 0 Å². The van der Waals surface area contributed by atoms with Crippen molar-refractivity contribution in [1.82, 2.24) is 25.3 Å². The summed E-state index contributed by atoms with van der Waals surface area (Å²) in [7, 11) is 0. The van der Waals surface area contributed by atoms with Gasteiger partial charge >= 0.3 is 5.97 Å². The van der Waals surface area contributed by atoms with E-state index in [-0.39, 0.29) is 24.1 Å². The van der Waals surface area contributed by atoms with Crippen LogP contribution in [-0.4, -0.2) is 43.0 Å². The number of carboxylic acid groups (broad SMARTS) is 1. The lowest BCUT2D eigenvalue weighted by Crippen LogP contribution is -2.33. The first-order valence-corrected chi connectivity index (χ1v) is 8.26. The van der Waals surface area contributed by atoms with Gasteiger partial charge in [-0.3, -0.25) is 14.6 Å². The smallest absolute Gasteiger partial charge is 0.303 e. The summed E-state index contributed by atoms with van der Waals surface area (Å²) >= 11 is 0. The minimum atomic E-state index is -0.892. The average Bonchev–Trinajstić information content (AvgIpc) is 3.01. The van der Waals surface area contributed by atoms with Crippen LogP contribution in [0.15, 0.2) is 36.5 Å². The Morgan fingerprint density at radius 1 is 1.27 bits per heavy atom. The molecule has 8 nitrogen and oxygen atoms in total. The third-order valence-corrected chi connectivity index (χ3v) is 4.12. The number of amides is 1. The Kier molecular flexibility index (Phi) is 4.92. The third kappa shape index (κ3) is 3.53. The molecule has 0 aliphatic carbocycles. The SMILES string of the molecule is Cc1c(C(=O)NC(C)CCC(=O)O)nnn1-c1cccc2cccnc12. The zero-order chi connectivity index (χ0) is 18.7. The molecule has 0 fully saturated rings. The fourth-order valence-corrected chi connectivity index (χ4v) is 2.73. The molecule has 8 heteroatoms. The molecule has 3 rings (SSSR count). The maximum atomic E-state index is 12.4. The van der Waals surface area contributed by atoms with Crippen LogP contribution < -0.4 is 5.32 Å². The van der Waals surface area contributed by atoms with Crippen molar-refractivity contribution in [2.75, 3.05) is 0 Å². The van der Waals surface area contributed by atoms with E-state index in [1.165, 1.54) is 0 Å². The number of carbonyl (C=O) groups is 2. The lowest BCUT2D eigenvalue weighted by Gasteiger charge is -2.12. The number of carboxylic acids is 1. The highest BCUT2D eigenvalue weighted by Crippen LogP contribution is 2.21. The number of rotatable bonds is 6. The summed E-state index contributed by atoms with van der Waals surface area (Å²) in [4.78, 5) is 27.5. The number of hydrogen-bond acceptors (Lipinski definition) is 5. The Bertz CT molecular complexity index is 961. The van der Waals surface area contributed by atoms with E-state index in [9.17, 15) is 9.59 Å². The molecule has 2 aromatic heterocycles. The predicted molar refractivity (Wildman–Crippen MR) is 95.2 cm³/mol. The van der Waals surface area contributed by atoms with Gasteiger partial charge in [0.15, 0.2) is 5.69 Å². The molecule has 2 heterocycles. The van der Waals surface area contributed by atoms with Crippen LogP contribution in [0.5, 0.6) is 0 Å². The molecule has 1 unspecified atom stereocenters. The highest BCUT2D eigenvalue weighted by atomic mass is 16.4. The van der Waals surface area contributed by atoms with E-state index in [2.05, 4.69) is 20.6 Å². The van der Waals surface area contributed by atoms with Gasteiger partial charge in [0.2, 0.25) is 0 Å². The number of nitrogens with one attached hydrogen (secondary N) is 1. The number of aromatic nitrogens is 4. The minimum Gasteiger partial charge on any atom is -0.481 e. The normalized spacial score (nSPS) is 12.1. The first-order valence-electron chi connectivity index (χ1n) is 8.26. The number of pyridine rings is 1. The van der Waals surface area contributed by atoms with Gasteiger partial charge in [-0.15, -0.1) is 5.10 Å². The van der Waals surface area contributed by atoms with Crippen LogP contribution in [0.25, 0.3) is 16.6 Å². The fraction of sp³-hybridized carbons (Fsp3) is 0.278. The van der Waals surface area contributed by atoms with Gasteiger partial charge in [0.25, 0.3) is 5.91 Å². The van der Waals surface area contributed by atoms with E-state index < -0.39 is 5.97 Å². The Hall–Kier alpha value is -3.29. The molecule has 0 aliphatic rings. The number of fused-ring (bicyclic) bond motifs is 1. The van der Waals surface area contributed by atoms with Crippen LogP contribution in [-0.2, 0) is 4.79 Å². The summed E-state index contributed by atoms with van der Waals surface area (Å²) in [5, 5.41) is 20.6. The van der Waals surface area contributed by atoms with Gasteiger partial charge in [-0.1, -0.05) is 23.4 Å². The van der Waals surface area contributed by atoms with Crippen molar-refractivity contribution >= 4 is 22.8 Å². The Morgan fingerprint density at radius 2 is 2.04 bits per heavy atom. The molecule has 0 spiro atoms. The van der Waals surface area contributed by atoms with Crippen molar-refractivity contribution in [3.63, 3.8) is 0 Å². The van der Waals surface area contributed by atoms with Crippen LogP contribution in [0.1, 0.15) is 35.9 Å². The third-order valence-electron chi connectivity index (χ3n) is 4.12. The van der Waals surface area contributed by atoms with Crippen LogP contribution in [0.4, 0.5) is 0 Å². The van der Waals surface area contributed by atoms with Gasteiger partial charge in [-0.25, -0.2) is 4.68 Å². The zero-order valence-electron chi connectivity index (χ0n) is 14.5. The van der Waals surface area contributed by atoms with Crippen molar-refractivity contribution in [2.24, 2.45) is 0 Å². The van der Waals surface area contributed by atoms with Gasteiger partial charge in [-0.2, -0.15) is 0 Å². The van der Waals surface area contributed by atoms with Crippen molar-refractivity contribution < 1.29 is 14.7 Å². The van der Waals surface area contributed by atoms with Gasteiger partial charge < -0.3 is 10.4 Å². The monoisotopic (exact) mass is 353 g/mol. The minimum absolute atomic E-state index is 0.00517. The van der Waals surface area contributed by atoms with Gasteiger partial charge in [0, 0.05) is 24.0 Å². The van der Waals surface area contributed by atoms with Gasteiger partial charge in [0.05, 0.1) is 16.9 Å². The van der Waals surface area contributed by atoms with E-state index in [0.29, 0.717) is 12.1 Å². The molecule has 3 aromatic rings. The first-order chi connectivity index (χ1) is 12.5. The molecule has 0 bridgehead atoms. The largest absolute Gasteiger partial charge is 0.481 e. The summed E-state index contributed by atoms with van der Waals surface area (Å²) in [6.45, 7) is 3.52. The molecule has 0 radical (unpaired) electrons. The Morgan fingerprint density at radius 3 is 2.81 bits per heavy atom. The Labute approximate surface area is 149 Å². The number of aliphatic carboxylic acids is 1. The summed E-state index contributed by atoms with van der Waals surface area (Å²) < 4.78 is 1.59. The van der Waals surface area contributed by atoms with E-state index in [0.717, 1.165) is 16.6 Å². The lowest BCUT2D eigenvalue weighted by atomic mass is 10.1. The standard InChI is InChI=1S/C18H19N5O3/c1-11(8-9-15(24)25)20-18(26)16-12(2)23(22-21-16)14-7-3-5-13-6-4-10-19-17(13)14/h3-7,10-11H,8-9H2,1-2H3,(H,20,26)(H,24,25). The molecule has 134 valence electrons. The number of nitrogens with zero attached hydrogens (tertiary/aromatic N) is 4. The second kappa shape index (κ2) is 7.30.